The Morgan fingerprint density at radius 2 is 1.86 bits per heavy atom. The number of halogens is 2. The Morgan fingerprint density at radius 1 is 1.18 bits per heavy atom. The number of amides is 1. The zero-order valence-electron chi connectivity index (χ0n) is 11.1. The fourth-order valence-corrected chi connectivity index (χ4v) is 2.14. The highest BCUT2D eigenvalue weighted by Gasteiger charge is 2.13. The molecule has 0 saturated carbocycles. The second-order valence-electron chi connectivity index (χ2n) is 4.20. The van der Waals surface area contributed by atoms with Gasteiger partial charge in [-0.3, -0.25) is 9.59 Å². The number of aromatic amines is 1. The van der Waals surface area contributed by atoms with E-state index in [9.17, 15) is 14.4 Å². The van der Waals surface area contributed by atoms with Crippen molar-refractivity contribution in [1.29, 1.82) is 0 Å². The summed E-state index contributed by atoms with van der Waals surface area (Å²) in [5, 5.41) is 3.19. The number of hydrogen-bond donors (Lipinski definition) is 2. The number of ether oxygens (including phenoxy) is 1. The van der Waals surface area contributed by atoms with Crippen LogP contribution in [-0.2, 0) is 9.53 Å². The first-order valence-electron chi connectivity index (χ1n) is 6.06. The Hall–Kier alpha value is -2.31. The van der Waals surface area contributed by atoms with Crippen LogP contribution in [0.3, 0.4) is 0 Å². The maximum Gasteiger partial charge on any atom is 0.344 e. The molecule has 0 spiro atoms. The number of pyridine rings is 1. The smallest absolute Gasteiger partial charge is 0.344 e. The summed E-state index contributed by atoms with van der Waals surface area (Å²) in [4.78, 5) is 37.1. The summed E-state index contributed by atoms with van der Waals surface area (Å²) in [6.45, 7) is -0.544. The van der Waals surface area contributed by atoms with Crippen LogP contribution in [0.15, 0.2) is 41.3 Å². The minimum atomic E-state index is -0.888. The lowest BCUT2D eigenvalue weighted by atomic mass is 10.3. The van der Waals surface area contributed by atoms with Gasteiger partial charge in [0.1, 0.15) is 5.56 Å². The lowest BCUT2D eigenvalue weighted by molar-refractivity contribution is -0.119. The molecular weight excluding hydrogens is 331 g/mol. The molecule has 6 nitrogen and oxygen atoms in total. The highest BCUT2D eigenvalue weighted by Crippen LogP contribution is 2.22. The first-order valence-corrected chi connectivity index (χ1v) is 6.82. The summed E-state index contributed by atoms with van der Waals surface area (Å²) in [6, 6.07) is 7.28. The van der Waals surface area contributed by atoms with Crippen LogP contribution in [0.1, 0.15) is 10.4 Å². The molecule has 0 aliphatic carbocycles. The SMILES string of the molecule is O=C(COC(=O)c1ccc[nH]c1=O)Nc1cc(Cl)cc(Cl)c1. The van der Waals surface area contributed by atoms with E-state index in [2.05, 4.69) is 10.3 Å². The van der Waals surface area contributed by atoms with Gasteiger partial charge < -0.3 is 15.0 Å². The maximum absolute atomic E-state index is 11.7. The van der Waals surface area contributed by atoms with E-state index in [0.717, 1.165) is 0 Å². The van der Waals surface area contributed by atoms with Gasteiger partial charge in [0, 0.05) is 21.9 Å². The molecule has 0 bridgehead atoms. The van der Waals surface area contributed by atoms with E-state index in [4.69, 9.17) is 27.9 Å². The second-order valence-corrected chi connectivity index (χ2v) is 5.07. The molecule has 1 aromatic heterocycles. The van der Waals surface area contributed by atoms with Gasteiger partial charge in [-0.1, -0.05) is 23.2 Å². The summed E-state index contributed by atoms with van der Waals surface area (Å²) >= 11 is 11.6. The summed E-state index contributed by atoms with van der Waals surface area (Å²) in [5.41, 5.74) is -0.397. The molecule has 114 valence electrons. The van der Waals surface area contributed by atoms with Crippen LogP contribution >= 0.6 is 23.2 Å². The zero-order valence-corrected chi connectivity index (χ0v) is 12.6. The van der Waals surface area contributed by atoms with Crippen LogP contribution < -0.4 is 10.9 Å². The molecule has 0 unspecified atom stereocenters. The van der Waals surface area contributed by atoms with Gasteiger partial charge in [0.15, 0.2) is 6.61 Å². The Morgan fingerprint density at radius 3 is 2.50 bits per heavy atom. The van der Waals surface area contributed by atoms with E-state index in [0.29, 0.717) is 15.7 Å². The summed E-state index contributed by atoms with van der Waals surface area (Å²) in [7, 11) is 0. The summed E-state index contributed by atoms with van der Waals surface area (Å²) in [5.74, 6) is -1.47. The van der Waals surface area contributed by atoms with Crippen LogP contribution in [0.25, 0.3) is 0 Å². The molecule has 0 saturated heterocycles. The minimum absolute atomic E-state index is 0.180. The van der Waals surface area contributed by atoms with Crippen molar-refractivity contribution in [1.82, 2.24) is 4.98 Å². The molecule has 0 atom stereocenters. The van der Waals surface area contributed by atoms with Crippen molar-refractivity contribution < 1.29 is 14.3 Å². The van der Waals surface area contributed by atoms with E-state index in [-0.39, 0.29) is 5.56 Å². The number of aromatic nitrogens is 1. The average molecular weight is 341 g/mol. The average Bonchev–Trinajstić information content (AvgIpc) is 2.44. The van der Waals surface area contributed by atoms with Crippen molar-refractivity contribution in [2.75, 3.05) is 11.9 Å². The number of hydrogen-bond acceptors (Lipinski definition) is 4. The summed E-state index contributed by atoms with van der Waals surface area (Å²) in [6.07, 6.45) is 1.38. The topological polar surface area (TPSA) is 88.3 Å². The molecule has 8 heteroatoms. The molecule has 2 N–H and O–H groups in total. The van der Waals surface area contributed by atoms with Gasteiger partial charge in [-0.05, 0) is 30.3 Å². The van der Waals surface area contributed by atoms with E-state index in [1.807, 2.05) is 0 Å². The lowest BCUT2D eigenvalue weighted by Gasteiger charge is -2.07. The first kappa shape index (κ1) is 16.1. The predicted molar refractivity (Wildman–Crippen MR) is 82.4 cm³/mol. The Balaban J connectivity index is 1.94. The summed E-state index contributed by atoms with van der Waals surface area (Å²) < 4.78 is 4.77. The van der Waals surface area contributed by atoms with E-state index < -0.39 is 24.0 Å². The van der Waals surface area contributed by atoms with Gasteiger partial charge in [-0.25, -0.2) is 4.79 Å². The molecule has 0 radical (unpaired) electrons. The number of rotatable bonds is 4. The van der Waals surface area contributed by atoms with E-state index in [1.54, 1.807) is 0 Å². The van der Waals surface area contributed by atoms with Gasteiger partial charge in [-0.15, -0.1) is 0 Å². The van der Waals surface area contributed by atoms with E-state index in [1.165, 1.54) is 36.5 Å². The number of H-pyrrole nitrogens is 1. The fourth-order valence-electron chi connectivity index (χ4n) is 1.61. The molecule has 2 aromatic rings. The molecule has 22 heavy (non-hydrogen) atoms. The Kier molecular flexibility index (Phi) is 5.19. The van der Waals surface area contributed by atoms with Crippen molar-refractivity contribution in [3.05, 3.63) is 62.5 Å². The molecule has 1 heterocycles. The van der Waals surface area contributed by atoms with Crippen molar-refractivity contribution in [2.45, 2.75) is 0 Å². The monoisotopic (exact) mass is 340 g/mol. The Bertz CT molecular complexity index is 753. The van der Waals surface area contributed by atoms with Crippen LogP contribution in [0.4, 0.5) is 5.69 Å². The minimum Gasteiger partial charge on any atom is -0.452 e. The van der Waals surface area contributed by atoms with Crippen molar-refractivity contribution >= 4 is 40.8 Å². The second kappa shape index (κ2) is 7.11. The van der Waals surface area contributed by atoms with Crippen LogP contribution in [0, 0.1) is 0 Å². The number of benzene rings is 1. The number of carbonyl (C=O) groups is 2. The standard InChI is InChI=1S/C14H10Cl2N2O4/c15-8-4-9(16)6-10(5-8)18-12(19)7-22-14(21)11-2-1-3-17-13(11)20/h1-6H,7H2,(H,17,20)(H,18,19). The van der Waals surface area contributed by atoms with Gasteiger partial charge in [0.25, 0.3) is 11.5 Å². The number of anilines is 1. The molecule has 0 fully saturated rings. The number of nitrogens with one attached hydrogen (secondary N) is 2. The highest BCUT2D eigenvalue weighted by atomic mass is 35.5. The van der Waals surface area contributed by atoms with Crippen molar-refractivity contribution in [3.63, 3.8) is 0 Å². The lowest BCUT2D eigenvalue weighted by Crippen LogP contribution is -2.24. The van der Waals surface area contributed by atoms with Crippen molar-refractivity contribution in [3.8, 4) is 0 Å². The van der Waals surface area contributed by atoms with E-state index >= 15 is 0 Å². The normalized spacial score (nSPS) is 10.1. The third-order valence-corrected chi connectivity index (χ3v) is 2.96. The van der Waals surface area contributed by atoms with Crippen LogP contribution in [0.2, 0.25) is 10.0 Å². The third-order valence-electron chi connectivity index (χ3n) is 2.52. The molecule has 1 aromatic carbocycles. The molecular formula is C14H10Cl2N2O4. The fraction of sp³-hybridized carbons (Fsp3) is 0.0714. The molecule has 0 aliphatic heterocycles. The van der Waals surface area contributed by atoms with Gasteiger partial charge in [0.2, 0.25) is 0 Å². The first-order chi connectivity index (χ1) is 10.5. The quantitative estimate of drug-likeness (QED) is 0.837. The van der Waals surface area contributed by atoms with Gasteiger partial charge >= 0.3 is 5.97 Å². The van der Waals surface area contributed by atoms with Crippen LogP contribution in [0.5, 0.6) is 0 Å². The van der Waals surface area contributed by atoms with Gasteiger partial charge in [-0.2, -0.15) is 0 Å². The maximum atomic E-state index is 11.7. The zero-order chi connectivity index (χ0) is 16.1. The van der Waals surface area contributed by atoms with Crippen molar-refractivity contribution in [2.24, 2.45) is 0 Å². The number of carbonyl (C=O) groups excluding carboxylic acids is 2. The molecule has 0 aliphatic rings. The predicted octanol–water partition coefficient (Wildman–Crippen LogP) is 2.48. The molecule has 2 rings (SSSR count). The highest BCUT2D eigenvalue weighted by molar-refractivity contribution is 6.35. The molecule has 1 amide bonds. The third kappa shape index (κ3) is 4.34. The van der Waals surface area contributed by atoms with Crippen LogP contribution in [-0.4, -0.2) is 23.5 Å². The van der Waals surface area contributed by atoms with Gasteiger partial charge in [0.05, 0.1) is 0 Å². The largest absolute Gasteiger partial charge is 0.452 e. The number of esters is 1. The Labute approximate surface area is 135 Å².